The maximum atomic E-state index is 14.4. The van der Waals surface area contributed by atoms with Gasteiger partial charge >= 0.3 is 5.97 Å². The molecule has 3 aliphatic heterocycles. The van der Waals surface area contributed by atoms with Gasteiger partial charge in [-0.3, -0.25) is 4.90 Å². The lowest BCUT2D eigenvalue weighted by Crippen LogP contribution is -2.53. The Morgan fingerprint density at radius 3 is 2.77 bits per heavy atom. The molecule has 11 nitrogen and oxygen atoms in total. The number of pyridine rings is 1. The Kier molecular flexibility index (Phi) is 7.49. The highest BCUT2D eigenvalue weighted by Gasteiger charge is 2.33. The van der Waals surface area contributed by atoms with Gasteiger partial charge in [-0.2, -0.15) is 10.2 Å². The number of aromatic carboxylic acids is 1. The molecular weight excluding hydrogens is 567 g/mol. The number of carboxylic acids is 1. The zero-order chi connectivity index (χ0) is 30.2. The molecule has 44 heavy (non-hydrogen) atoms. The summed E-state index contributed by atoms with van der Waals surface area (Å²) >= 11 is 0. The molecule has 2 fully saturated rings. The van der Waals surface area contributed by atoms with Gasteiger partial charge in [-0.25, -0.2) is 14.2 Å². The second-order valence-corrected chi connectivity index (χ2v) is 11.3. The number of imidazole rings is 1. The Hall–Kier alpha value is -4.73. The maximum Gasteiger partial charge on any atom is 0.335 e. The summed E-state index contributed by atoms with van der Waals surface area (Å²) in [7, 11) is 0. The van der Waals surface area contributed by atoms with Crippen molar-refractivity contribution in [3.63, 3.8) is 0 Å². The van der Waals surface area contributed by atoms with Crippen LogP contribution in [-0.2, 0) is 24.4 Å². The molecule has 2 saturated heterocycles. The first-order chi connectivity index (χ1) is 21.4. The Labute approximate surface area is 253 Å². The van der Waals surface area contributed by atoms with Crippen LogP contribution >= 0.6 is 0 Å². The molecule has 2 aromatic carbocycles. The number of nitrogens with zero attached hydrogens (tertiary/aromatic N) is 6. The summed E-state index contributed by atoms with van der Waals surface area (Å²) in [5.41, 5.74) is 2.43. The van der Waals surface area contributed by atoms with E-state index in [0.717, 1.165) is 55.9 Å². The molecule has 0 radical (unpaired) electrons. The molecule has 2 atom stereocenters. The summed E-state index contributed by atoms with van der Waals surface area (Å²) < 4.78 is 34.1. The summed E-state index contributed by atoms with van der Waals surface area (Å²) in [6.07, 6.45) is 1.88. The second-order valence-electron chi connectivity index (χ2n) is 11.3. The highest BCUT2D eigenvalue weighted by atomic mass is 19.1. The number of benzene rings is 2. The van der Waals surface area contributed by atoms with Crippen LogP contribution in [0.1, 0.15) is 40.2 Å². The number of halogens is 1. The minimum atomic E-state index is -0.961. The Bertz CT molecular complexity index is 1770. The van der Waals surface area contributed by atoms with E-state index < -0.39 is 11.8 Å². The third-order valence-corrected chi connectivity index (χ3v) is 8.54. The van der Waals surface area contributed by atoms with E-state index in [0.29, 0.717) is 42.7 Å². The Morgan fingerprint density at radius 1 is 1.11 bits per heavy atom. The number of hydrogen-bond donors (Lipinski definition) is 1. The van der Waals surface area contributed by atoms with E-state index in [1.807, 2.05) is 12.1 Å². The lowest BCUT2D eigenvalue weighted by Gasteiger charge is -2.41. The van der Waals surface area contributed by atoms with Crippen molar-refractivity contribution < 1.29 is 28.5 Å². The molecule has 0 spiro atoms. The first-order valence-corrected chi connectivity index (χ1v) is 14.7. The molecule has 0 aliphatic carbocycles. The summed E-state index contributed by atoms with van der Waals surface area (Å²) in [6, 6.07) is 15.0. The van der Waals surface area contributed by atoms with E-state index in [2.05, 4.69) is 14.4 Å². The Morgan fingerprint density at radius 2 is 2.00 bits per heavy atom. The molecule has 4 aromatic rings. The van der Waals surface area contributed by atoms with Crippen LogP contribution in [0.3, 0.4) is 0 Å². The Balaban J connectivity index is 1.08. The van der Waals surface area contributed by atoms with Crippen molar-refractivity contribution in [2.24, 2.45) is 0 Å². The predicted molar refractivity (Wildman–Crippen MR) is 157 cm³/mol. The lowest BCUT2D eigenvalue weighted by molar-refractivity contribution is -0.0592. The average molecular weight is 599 g/mol. The molecule has 3 aliphatic rings. The molecule has 0 bridgehead atoms. The van der Waals surface area contributed by atoms with Gasteiger partial charge < -0.3 is 28.8 Å². The van der Waals surface area contributed by atoms with Gasteiger partial charge in [0, 0.05) is 50.3 Å². The van der Waals surface area contributed by atoms with Crippen molar-refractivity contribution in [3.05, 3.63) is 76.9 Å². The number of anilines is 1. The quantitative estimate of drug-likeness (QED) is 0.318. The first-order valence-electron chi connectivity index (χ1n) is 14.7. The van der Waals surface area contributed by atoms with Crippen LogP contribution in [-0.4, -0.2) is 75.5 Å². The van der Waals surface area contributed by atoms with Gasteiger partial charge in [0.1, 0.15) is 18.2 Å². The van der Waals surface area contributed by atoms with Gasteiger partial charge in [-0.1, -0.05) is 6.07 Å². The van der Waals surface area contributed by atoms with Crippen molar-refractivity contribution in [3.8, 4) is 17.7 Å². The fourth-order valence-electron chi connectivity index (χ4n) is 6.06. The number of rotatable bonds is 8. The summed E-state index contributed by atoms with van der Waals surface area (Å²) in [5, 5.41) is 18.5. The van der Waals surface area contributed by atoms with Gasteiger partial charge in [-0.15, -0.1) is 0 Å². The summed E-state index contributed by atoms with van der Waals surface area (Å²) in [6.45, 7) is 4.80. The predicted octanol–water partition coefficient (Wildman–Crippen LogP) is 3.98. The molecule has 0 saturated carbocycles. The number of carbonyl (C=O) groups is 1. The molecule has 0 amide bonds. The molecule has 7 rings (SSSR count). The summed E-state index contributed by atoms with van der Waals surface area (Å²) in [5.74, 6) is 1.20. The number of piperazine rings is 1. The molecule has 2 aromatic heterocycles. The summed E-state index contributed by atoms with van der Waals surface area (Å²) in [4.78, 5) is 26.0. The third-order valence-electron chi connectivity index (χ3n) is 8.54. The molecule has 226 valence electrons. The number of hydrogen-bond acceptors (Lipinski definition) is 9. The number of ether oxygens (including phenoxy) is 3. The smallest absolute Gasteiger partial charge is 0.335 e. The largest absolute Gasteiger partial charge is 0.490 e. The molecule has 1 N–H and O–H groups in total. The minimum Gasteiger partial charge on any atom is -0.490 e. The van der Waals surface area contributed by atoms with E-state index in [4.69, 9.17) is 29.4 Å². The maximum absolute atomic E-state index is 14.4. The van der Waals surface area contributed by atoms with E-state index in [1.165, 1.54) is 6.07 Å². The fourth-order valence-corrected chi connectivity index (χ4v) is 6.06. The first kappa shape index (κ1) is 28.1. The van der Waals surface area contributed by atoms with Crippen LogP contribution in [0.4, 0.5) is 10.2 Å². The molecule has 5 heterocycles. The number of aromatic nitrogens is 3. The van der Waals surface area contributed by atoms with Gasteiger partial charge in [0.15, 0.2) is 11.6 Å². The normalized spacial score (nSPS) is 19.7. The zero-order valence-electron chi connectivity index (χ0n) is 24.0. The van der Waals surface area contributed by atoms with Crippen LogP contribution in [0.2, 0.25) is 0 Å². The van der Waals surface area contributed by atoms with Gasteiger partial charge in [-0.05, 0) is 42.8 Å². The fraction of sp³-hybridized carbons (Fsp3) is 0.375. The third kappa shape index (κ3) is 5.52. The highest BCUT2D eigenvalue weighted by molar-refractivity contribution is 5.92. The lowest BCUT2D eigenvalue weighted by atomic mass is 10.1. The molecule has 0 unspecified atom stereocenters. The van der Waals surface area contributed by atoms with Crippen LogP contribution in [0.25, 0.3) is 11.0 Å². The van der Waals surface area contributed by atoms with Crippen LogP contribution in [0.15, 0.2) is 48.5 Å². The highest BCUT2D eigenvalue weighted by Crippen LogP contribution is 2.35. The van der Waals surface area contributed by atoms with E-state index in [9.17, 15) is 14.3 Å². The SMILES string of the molecule is N#Cc1ccc(COc2ccc3c(n2)N2CCN(Cc4nc5ccc(C(=O)O)cc5n4C[C@@H]4CCO4)C[C@H]2CCO3)c(F)c1. The van der Waals surface area contributed by atoms with Gasteiger partial charge in [0.25, 0.3) is 0 Å². The number of nitriles is 1. The van der Waals surface area contributed by atoms with Gasteiger partial charge in [0.05, 0.1) is 54.0 Å². The van der Waals surface area contributed by atoms with Crippen LogP contribution in [0.5, 0.6) is 11.6 Å². The standard InChI is InChI=1S/C32H31FN6O5/c33-25-13-20(15-34)1-2-22(25)19-44-30-6-5-28-31(36-30)38-10-9-37(16-23(38)7-11-43-28)18-29-35-26-4-3-21(32(40)41)14-27(26)39(29)17-24-8-12-42-24/h1-6,13-14,23-24H,7-12,16-19H2,(H,40,41)/t23-,24+/m1/s1. The van der Waals surface area contributed by atoms with Crippen molar-refractivity contribution in [2.45, 2.75) is 44.7 Å². The molecule has 12 heteroatoms. The molecular formula is C32H31FN6O5. The number of carboxylic acid groups (broad SMARTS) is 1. The zero-order valence-corrected chi connectivity index (χ0v) is 24.0. The second kappa shape index (κ2) is 11.7. The van der Waals surface area contributed by atoms with E-state index >= 15 is 0 Å². The van der Waals surface area contributed by atoms with E-state index in [-0.39, 0.29) is 29.9 Å². The van der Waals surface area contributed by atoms with E-state index in [1.54, 1.807) is 36.4 Å². The monoisotopic (exact) mass is 598 g/mol. The number of fused-ring (bicyclic) bond motifs is 4. The van der Waals surface area contributed by atoms with Gasteiger partial charge in [0.2, 0.25) is 5.88 Å². The van der Waals surface area contributed by atoms with Crippen molar-refractivity contribution in [1.82, 2.24) is 19.4 Å². The van der Waals surface area contributed by atoms with Crippen LogP contribution < -0.4 is 14.4 Å². The average Bonchev–Trinajstić information content (AvgIpc) is 3.23. The van der Waals surface area contributed by atoms with Crippen molar-refractivity contribution in [1.29, 1.82) is 5.26 Å². The van der Waals surface area contributed by atoms with Crippen molar-refractivity contribution >= 4 is 22.8 Å². The van der Waals surface area contributed by atoms with Crippen LogP contribution in [0, 0.1) is 17.1 Å². The topological polar surface area (TPSA) is 126 Å². The van der Waals surface area contributed by atoms with Crippen molar-refractivity contribution in [2.75, 3.05) is 37.7 Å². The minimum absolute atomic E-state index is 0.0117.